The Kier molecular flexibility index (Phi) is 3.36. The van der Waals surface area contributed by atoms with Crippen molar-refractivity contribution in [2.24, 2.45) is 0 Å². The van der Waals surface area contributed by atoms with Crippen LogP contribution in [0.4, 0.5) is 13.2 Å². The number of phenolic OH excluding ortho intramolecular Hbond substituents is 1. The lowest BCUT2D eigenvalue weighted by atomic mass is 10.1. The SMILES string of the molecule is OCC=Cc1ccc(C(F)(F)F)cc1O. The van der Waals surface area contributed by atoms with Gasteiger partial charge in [-0.3, -0.25) is 0 Å². The summed E-state index contributed by atoms with van der Waals surface area (Å²) in [6, 6.07) is 2.66. The first-order valence-corrected chi connectivity index (χ1v) is 4.13. The summed E-state index contributed by atoms with van der Waals surface area (Å²) >= 11 is 0. The molecule has 0 heterocycles. The minimum atomic E-state index is -4.46. The Labute approximate surface area is 84.3 Å². The first-order chi connectivity index (χ1) is 6.95. The summed E-state index contributed by atoms with van der Waals surface area (Å²) in [5.74, 6) is -0.463. The maximum absolute atomic E-state index is 12.2. The molecular formula is C10H9F3O2. The van der Waals surface area contributed by atoms with E-state index < -0.39 is 17.5 Å². The third kappa shape index (κ3) is 2.99. The number of benzene rings is 1. The van der Waals surface area contributed by atoms with Crippen molar-refractivity contribution in [1.29, 1.82) is 0 Å². The summed E-state index contributed by atoms with van der Waals surface area (Å²) in [4.78, 5) is 0. The molecule has 0 fully saturated rings. The summed E-state index contributed by atoms with van der Waals surface area (Å²) in [7, 11) is 0. The smallest absolute Gasteiger partial charge is 0.416 e. The molecule has 0 spiro atoms. The van der Waals surface area contributed by atoms with E-state index in [0.29, 0.717) is 6.07 Å². The van der Waals surface area contributed by atoms with E-state index in [1.807, 2.05) is 0 Å². The predicted octanol–water partition coefficient (Wildman–Crippen LogP) is 2.42. The highest BCUT2D eigenvalue weighted by Gasteiger charge is 2.30. The highest BCUT2D eigenvalue weighted by atomic mass is 19.4. The monoisotopic (exact) mass is 218 g/mol. The van der Waals surface area contributed by atoms with Gasteiger partial charge in [0.25, 0.3) is 0 Å². The molecule has 0 saturated carbocycles. The largest absolute Gasteiger partial charge is 0.507 e. The molecule has 0 aliphatic carbocycles. The maximum Gasteiger partial charge on any atom is 0.416 e. The van der Waals surface area contributed by atoms with Crippen molar-refractivity contribution in [3.05, 3.63) is 35.4 Å². The minimum absolute atomic E-state index is 0.233. The number of phenols is 1. The molecule has 82 valence electrons. The maximum atomic E-state index is 12.2. The van der Waals surface area contributed by atoms with Gasteiger partial charge in [-0.1, -0.05) is 18.2 Å². The average Bonchev–Trinajstić information content (AvgIpc) is 2.14. The van der Waals surface area contributed by atoms with Crippen molar-refractivity contribution >= 4 is 6.08 Å². The number of aromatic hydroxyl groups is 1. The lowest BCUT2D eigenvalue weighted by molar-refractivity contribution is -0.137. The van der Waals surface area contributed by atoms with Gasteiger partial charge in [0, 0.05) is 5.56 Å². The standard InChI is InChI=1S/C10H9F3O2/c11-10(12,13)8-4-3-7(2-1-5-14)9(15)6-8/h1-4,6,14-15H,5H2. The number of halogens is 3. The Balaban J connectivity index is 3.04. The molecule has 0 aromatic heterocycles. The molecule has 0 aliphatic heterocycles. The molecule has 0 saturated heterocycles. The van der Waals surface area contributed by atoms with Crippen LogP contribution in [0.3, 0.4) is 0 Å². The summed E-state index contributed by atoms with van der Waals surface area (Å²) in [6.07, 6.45) is -1.80. The number of aliphatic hydroxyl groups excluding tert-OH is 1. The second-order valence-corrected chi connectivity index (χ2v) is 2.86. The first kappa shape index (κ1) is 11.6. The molecule has 2 N–H and O–H groups in total. The van der Waals surface area contributed by atoms with E-state index >= 15 is 0 Å². The van der Waals surface area contributed by atoms with Crippen LogP contribution in [0.15, 0.2) is 24.3 Å². The first-order valence-electron chi connectivity index (χ1n) is 4.13. The lowest BCUT2D eigenvalue weighted by Crippen LogP contribution is -2.04. The van der Waals surface area contributed by atoms with E-state index in [-0.39, 0.29) is 12.2 Å². The summed E-state index contributed by atoms with van der Waals surface area (Å²) in [5, 5.41) is 17.7. The number of hydrogen-bond acceptors (Lipinski definition) is 2. The molecule has 0 amide bonds. The molecule has 2 nitrogen and oxygen atoms in total. The Morgan fingerprint density at radius 3 is 2.40 bits per heavy atom. The number of rotatable bonds is 2. The lowest BCUT2D eigenvalue weighted by Gasteiger charge is -2.07. The van der Waals surface area contributed by atoms with Crippen LogP contribution in [-0.4, -0.2) is 16.8 Å². The van der Waals surface area contributed by atoms with E-state index in [0.717, 1.165) is 12.1 Å². The number of aliphatic hydroxyl groups is 1. The number of hydrogen-bond donors (Lipinski definition) is 2. The summed E-state index contributed by atoms with van der Waals surface area (Å²) in [6.45, 7) is -0.236. The Morgan fingerprint density at radius 2 is 1.93 bits per heavy atom. The topological polar surface area (TPSA) is 40.5 Å². The van der Waals surface area contributed by atoms with Crippen molar-refractivity contribution < 1.29 is 23.4 Å². The highest BCUT2D eigenvalue weighted by Crippen LogP contribution is 2.32. The molecule has 0 unspecified atom stereocenters. The van der Waals surface area contributed by atoms with Gasteiger partial charge in [-0.2, -0.15) is 13.2 Å². The minimum Gasteiger partial charge on any atom is -0.507 e. The van der Waals surface area contributed by atoms with E-state index in [1.54, 1.807) is 0 Å². The van der Waals surface area contributed by atoms with Gasteiger partial charge in [0.2, 0.25) is 0 Å². The molecular weight excluding hydrogens is 209 g/mol. The van der Waals surface area contributed by atoms with Gasteiger partial charge in [0.05, 0.1) is 12.2 Å². The third-order valence-electron chi connectivity index (χ3n) is 1.76. The van der Waals surface area contributed by atoms with Crippen LogP contribution in [0.5, 0.6) is 5.75 Å². The zero-order chi connectivity index (χ0) is 11.5. The molecule has 1 aromatic rings. The Morgan fingerprint density at radius 1 is 1.27 bits per heavy atom. The van der Waals surface area contributed by atoms with Gasteiger partial charge in [-0.05, 0) is 12.1 Å². The predicted molar refractivity (Wildman–Crippen MR) is 49.2 cm³/mol. The van der Waals surface area contributed by atoms with E-state index in [2.05, 4.69) is 0 Å². The molecule has 15 heavy (non-hydrogen) atoms. The van der Waals surface area contributed by atoms with Crippen LogP contribution in [0.1, 0.15) is 11.1 Å². The van der Waals surface area contributed by atoms with Crippen LogP contribution in [0.2, 0.25) is 0 Å². The summed E-state index contributed by atoms with van der Waals surface area (Å²) in [5.41, 5.74) is -0.668. The van der Waals surface area contributed by atoms with Gasteiger partial charge in [-0.15, -0.1) is 0 Å². The van der Waals surface area contributed by atoms with E-state index in [9.17, 15) is 18.3 Å². The highest BCUT2D eigenvalue weighted by molar-refractivity contribution is 5.57. The quantitative estimate of drug-likeness (QED) is 0.800. The van der Waals surface area contributed by atoms with Crippen molar-refractivity contribution in [2.45, 2.75) is 6.18 Å². The third-order valence-corrected chi connectivity index (χ3v) is 1.76. The molecule has 0 aliphatic rings. The fourth-order valence-corrected chi connectivity index (χ4v) is 1.04. The fourth-order valence-electron chi connectivity index (χ4n) is 1.04. The van der Waals surface area contributed by atoms with Crippen LogP contribution < -0.4 is 0 Å². The van der Waals surface area contributed by atoms with Crippen LogP contribution >= 0.6 is 0 Å². The average molecular weight is 218 g/mol. The molecule has 0 bridgehead atoms. The van der Waals surface area contributed by atoms with Crippen molar-refractivity contribution in [3.8, 4) is 5.75 Å². The van der Waals surface area contributed by atoms with Gasteiger partial charge in [0.15, 0.2) is 0 Å². The molecule has 0 atom stereocenters. The van der Waals surface area contributed by atoms with Crippen molar-refractivity contribution in [3.63, 3.8) is 0 Å². The zero-order valence-corrected chi connectivity index (χ0v) is 7.62. The van der Waals surface area contributed by atoms with Gasteiger partial charge in [-0.25, -0.2) is 0 Å². The summed E-state index contributed by atoms with van der Waals surface area (Å²) < 4.78 is 36.5. The van der Waals surface area contributed by atoms with E-state index in [1.165, 1.54) is 12.2 Å². The van der Waals surface area contributed by atoms with Gasteiger partial charge < -0.3 is 10.2 Å². The Bertz CT molecular complexity index is 369. The molecule has 1 rings (SSSR count). The molecule has 1 aromatic carbocycles. The fraction of sp³-hybridized carbons (Fsp3) is 0.200. The van der Waals surface area contributed by atoms with Crippen molar-refractivity contribution in [2.75, 3.05) is 6.61 Å². The van der Waals surface area contributed by atoms with E-state index in [4.69, 9.17) is 5.11 Å². The van der Waals surface area contributed by atoms with Crippen LogP contribution in [0, 0.1) is 0 Å². The Hall–Kier alpha value is -1.49. The normalized spacial score (nSPS) is 12.3. The molecule has 0 radical (unpaired) electrons. The molecule has 5 heteroatoms. The van der Waals surface area contributed by atoms with Crippen LogP contribution in [0.25, 0.3) is 6.08 Å². The van der Waals surface area contributed by atoms with Gasteiger partial charge >= 0.3 is 6.18 Å². The van der Waals surface area contributed by atoms with Crippen molar-refractivity contribution in [1.82, 2.24) is 0 Å². The second kappa shape index (κ2) is 4.35. The second-order valence-electron chi connectivity index (χ2n) is 2.86. The number of alkyl halides is 3. The van der Waals surface area contributed by atoms with Crippen LogP contribution in [-0.2, 0) is 6.18 Å². The van der Waals surface area contributed by atoms with Gasteiger partial charge in [0.1, 0.15) is 5.75 Å². The zero-order valence-electron chi connectivity index (χ0n) is 7.62.